The normalized spacial score (nSPS) is 11.9. The number of hydrogen-bond acceptors (Lipinski definition) is 3. The quantitative estimate of drug-likeness (QED) is 0.908. The smallest absolute Gasteiger partial charge is 0.246 e. The number of amides is 1. The van der Waals surface area contributed by atoms with E-state index in [9.17, 15) is 9.18 Å². The first kappa shape index (κ1) is 13.5. The first-order chi connectivity index (χ1) is 9.08. The van der Waals surface area contributed by atoms with Gasteiger partial charge in [-0.2, -0.15) is 0 Å². The topological polar surface area (TPSA) is 68.0 Å². The lowest BCUT2D eigenvalue weighted by Crippen LogP contribution is -2.28. The summed E-state index contributed by atoms with van der Waals surface area (Å²) in [6.07, 6.45) is 1.55. The van der Waals surface area contributed by atoms with Gasteiger partial charge >= 0.3 is 0 Å². The summed E-state index contributed by atoms with van der Waals surface area (Å²) < 4.78 is 14.3. The van der Waals surface area contributed by atoms with Crippen molar-refractivity contribution >= 4 is 27.5 Å². The zero-order valence-corrected chi connectivity index (χ0v) is 11.4. The molecule has 1 heterocycles. The van der Waals surface area contributed by atoms with Crippen LogP contribution in [-0.2, 0) is 4.79 Å². The molecule has 6 heteroatoms. The molecule has 1 amide bonds. The van der Waals surface area contributed by atoms with Crippen molar-refractivity contribution in [1.82, 2.24) is 4.98 Å². The first-order valence-electron chi connectivity index (χ1n) is 5.50. The van der Waals surface area contributed by atoms with Crippen molar-refractivity contribution in [2.75, 3.05) is 5.32 Å². The number of primary amides is 1. The van der Waals surface area contributed by atoms with Crippen molar-refractivity contribution in [1.29, 1.82) is 0 Å². The number of halogens is 2. The van der Waals surface area contributed by atoms with Crippen LogP contribution in [0, 0.1) is 5.82 Å². The van der Waals surface area contributed by atoms with E-state index in [0.29, 0.717) is 5.69 Å². The molecular weight excluding hydrogens is 313 g/mol. The van der Waals surface area contributed by atoms with Crippen LogP contribution < -0.4 is 11.1 Å². The number of anilines is 1. The number of nitrogens with one attached hydrogen (secondary N) is 1. The number of nitrogens with zero attached hydrogens (tertiary/aromatic N) is 1. The molecule has 0 bridgehead atoms. The molecule has 0 fully saturated rings. The van der Waals surface area contributed by atoms with Crippen molar-refractivity contribution in [3.8, 4) is 0 Å². The lowest BCUT2D eigenvalue weighted by molar-refractivity contribution is -0.118. The van der Waals surface area contributed by atoms with Crippen molar-refractivity contribution in [2.24, 2.45) is 5.73 Å². The molecule has 0 saturated heterocycles. The van der Waals surface area contributed by atoms with Gasteiger partial charge in [-0.15, -0.1) is 0 Å². The molecule has 1 aromatic carbocycles. The highest BCUT2D eigenvalue weighted by atomic mass is 79.9. The SMILES string of the molecule is NC(=O)C(Nc1ccccc1F)c1ccc(Br)cn1. The number of pyridine rings is 1. The average molecular weight is 324 g/mol. The van der Waals surface area contributed by atoms with Gasteiger partial charge in [0.25, 0.3) is 0 Å². The first-order valence-corrected chi connectivity index (χ1v) is 6.29. The minimum Gasteiger partial charge on any atom is -0.368 e. The predicted octanol–water partition coefficient (Wildman–Crippen LogP) is 2.62. The summed E-state index contributed by atoms with van der Waals surface area (Å²) in [6, 6.07) is 8.56. The zero-order valence-electron chi connectivity index (χ0n) is 9.81. The Labute approximate surface area is 118 Å². The van der Waals surface area contributed by atoms with E-state index < -0.39 is 17.8 Å². The van der Waals surface area contributed by atoms with Crippen molar-refractivity contribution in [3.05, 3.63) is 58.6 Å². The fraction of sp³-hybridized carbons (Fsp3) is 0.0769. The van der Waals surface area contributed by atoms with Crippen molar-refractivity contribution in [3.63, 3.8) is 0 Å². The molecule has 1 aromatic heterocycles. The molecule has 98 valence electrons. The third kappa shape index (κ3) is 3.29. The molecule has 19 heavy (non-hydrogen) atoms. The molecule has 4 nitrogen and oxygen atoms in total. The summed E-state index contributed by atoms with van der Waals surface area (Å²) in [6.45, 7) is 0. The third-order valence-electron chi connectivity index (χ3n) is 2.50. The lowest BCUT2D eigenvalue weighted by atomic mass is 10.1. The van der Waals surface area contributed by atoms with E-state index in [1.54, 1.807) is 30.5 Å². The van der Waals surface area contributed by atoms with E-state index in [1.165, 1.54) is 12.1 Å². The molecule has 0 aliphatic rings. The molecule has 3 N–H and O–H groups in total. The van der Waals surface area contributed by atoms with Gasteiger partial charge in [0.2, 0.25) is 5.91 Å². The molecule has 2 rings (SSSR count). The number of carbonyl (C=O) groups is 1. The fourth-order valence-corrected chi connectivity index (χ4v) is 1.82. The summed E-state index contributed by atoms with van der Waals surface area (Å²) in [5.41, 5.74) is 5.96. The van der Waals surface area contributed by atoms with Crippen molar-refractivity contribution in [2.45, 2.75) is 6.04 Å². The number of hydrogen-bond donors (Lipinski definition) is 2. The minimum atomic E-state index is -0.884. The van der Waals surface area contributed by atoms with Crippen LogP contribution in [0.3, 0.4) is 0 Å². The number of aromatic nitrogens is 1. The third-order valence-corrected chi connectivity index (χ3v) is 2.97. The van der Waals surface area contributed by atoms with Crippen LogP contribution in [0.25, 0.3) is 0 Å². The number of carbonyl (C=O) groups excluding carboxylic acids is 1. The highest BCUT2D eigenvalue weighted by Crippen LogP contribution is 2.21. The van der Waals surface area contributed by atoms with Crippen LogP contribution in [-0.4, -0.2) is 10.9 Å². The van der Waals surface area contributed by atoms with Gasteiger partial charge in [0.05, 0.1) is 11.4 Å². The Morgan fingerprint density at radius 3 is 2.63 bits per heavy atom. The largest absolute Gasteiger partial charge is 0.368 e. The Morgan fingerprint density at radius 1 is 1.32 bits per heavy atom. The Kier molecular flexibility index (Phi) is 4.11. The maximum absolute atomic E-state index is 13.6. The van der Waals surface area contributed by atoms with E-state index in [-0.39, 0.29) is 5.69 Å². The molecule has 0 saturated carbocycles. The van der Waals surface area contributed by atoms with E-state index in [4.69, 9.17) is 5.73 Å². The molecule has 0 aliphatic carbocycles. The van der Waals surface area contributed by atoms with Gasteiger partial charge in [0, 0.05) is 10.7 Å². The van der Waals surface area contributed by atoms with Crippen molar-refractivity contribution < 1.29 is 9.18 Å². The summed E-state index contributed by atoms with van der Waals surface area (Å²) in [5, 5.41) is 2.76. The second-order valence-corrected chi connectivity index (χ2v) is 4.78. The van der Waals surface area contributed by atoms with E-state index in [0.717, 1.165) is 4.47 Å². The van der Waals surface area contributed by atoms with Gasteiger partial charge in [-0.05, 0) is 40.2 Å². The standard InChI is InChI=1S/C13H11BrFN3O/c14-8-5-6-11(17-7-8)12(13(16)19)18-10-4-2-1-3-9(10)15/h1-7,12,18H,(H2,16,19). The highest BCUT2D eigenvalue weighted by Gasteiger charge is 2.20. The Bertz CT molecular complexity index is 589. The highest BCUT2D eigenvalue weighted by molar-refractivity contribution is 9.10. The van der Waals surface area contributed by atoms with Gasteiger partial charge in [-0.25, -0.2) is 4.39 Å². The van der Waals surface area contributed by atoms with E-state index in [2.05, 4.69) is 26.2 Å². The maximum atomic E-state index is 13.6. The summed E-state index contributed by atoms with van der Waals surface area (Å²) in [5.74, 6) is -1.08. The summed E-state index contributed by atoms with van der Waals surface area (Å²) in [7, 11) is 0. The maximum Gasteiger partial charge on any atom is 0.246 e. The second-order valence-electron chi connectivity index (χ2n) is 3.86. The predicted molar refractivity (Wildman–Crippen MR) is 73.9 cm³/mol. The van der Waals surface area contributed by atoms with Crippen LogP contribution in [0.5, 0.6) is 0 Å². The molecular formula is C13H11BrFN3O. The zero-order chi connectivity index (χ0) is 13.8. The molecule has 0 radical (unpaired) electrons. The Balaban J connectivity index is 2.29. The number of rotatable bonds is 4. The monoisotopic (exact) mass is 323 g/mol. The average Bonchev–Trinajstić information content (AvgIpc) is 2.39. The van der Waals surface area contributed by atoms with Crippen LogP contribution in [0.2, 0.25) is 0 Å². The van der Waals surface area contributed by atoms with Gasteiger partial charge < -0.3 is 11.1 Å². The van der Waals surface area contributed by atoms with Crippen LogP contribution in [0.15, 0.2) is 47.1 Å². The van der Waals surface area contributed by atoms with Gasteiger partial charge in [-0.3, -0.25) is 9.78 Å². The molecule has 0 aliphatic heterocycles. The molecule has 1 unspecified atom stereocenters. The van der Waals surface area contributed by atoms with Crippen LogP contribution >= 0.6 is 15.9 Å². The second kappa shape index (κ2) is 5.79. The fourth-order valence-electron chi connectivity index (χ4n) is 1.58. The van der Waals surface area contributed by atoms with Crippen LogP contribution in [0.1, 0.15) is 11.7 Å². The van der Waals surface area contributed by atoms with Gasteiger partial charge in [0.15, 0.2) is 0 Å². The van der Waals surface area contributed by atoms with Gasteiger partial charge in [0.1, 0.15) is 11.9 Å². The number of para-hydroxylation sites is 1. The molecule has 1 atom stereocenters. The van der Waals surface area contributed by atoms with E-state index >= 15 is 0 Å². The lowest BCUT2D eigenvalue weighted by Gasteiger charge is -2.16. The summed E-state index contributed by atoms with van der Waals surface area (Å²) in [4.78, 5) is 15.6. The molecule has 0 spiro atoms. The minimum absolute atomic E-state index is 0.205. The van der Waals surface area contributed by atoms with Crippen LogP contribution in [0.4, 0.5) is 10.1 Å². The summed E-state index contributed by atoms with van der Waals surface area (Å²) >= 11 is 3.25. The van der Waals surface area contributed by atoms with Gasteiger partial charge in [-0.1, -0.05) is 12.1 Å². The number of benzene rings is 1. The Hall–Kier alpha value is -1.95. The molecule has 2 aromatic rings. The number of nitrogens with two attached hydrogens (primary N) is 1. The van der Waals surface area contributed by atoms with E-state index in [1.807, 2.05) is 0 Å². The Morgan fingerprint density at radius 2 is 2.05 bits per heavy atom.